The fraction of sp³-hybridized carbons (Fsp3) is 0.370. The van der Waals surface area contributed by atoms with Crippen LogP contribution >= 0.6 is 22.9 Å². The van der Waals surface area contributed by atoms with Crippen molar-refractivity contribution in [3.05, 3.63) is 69.6 Å². The van der Waals surface area contributed by atoms with Crippen LogP contribution in [0.2, 0.25) is 5.02 Å². The molecule has 11 heteroatoms. The van der Waals surface area contributed by atoms with E-state index in [4.69, 9.17) is 16.3 Å². The Labute approximate surface area is 231 Å². The van der Waals surface area contributed by atoms with Crippen LogP contribution in [0.3, 0.4) is 0 Å². The highest BCUT2D eigenvalue weighted by Crippen LogP contribution is 2.30. The van der Waals surface area contributed by atoms with Gasteiger partial charge >= 0.3 is 6.09 Å². The minimum absolute atomic E-state index is 0.0577. The van der Waals surface area contributed by atoms with Crippen molar-refractivity contribution in [1.29, 1.82) is 0 Å². The van der Waals surface area contributed by atoms with Crippen LogP contribution in [0.4, 0.5) is 4.79 Å². The molecular weight excluding hydrogens is 546 g/mol. The number of aromatic nitrogens is 1. The number of fused-ring (bicyclic) bond motifs is 1. The van der Waals surface area contributed by atoms with Crippen molar-refractivity contribution in [1.82, 2.24) is 9.47 Å². The lowest BCUT2D eigenvalue weighted by Gasteiger charge is -2.31. The third kappa shape index (κ3) is 6.73. The number of benzene rings is 2. The third-order valence-corrected chi connectivity index (χ3v) is 9.67. The molecule has 1 aliphatic heterocycles. The first kappa shape index (κ1) is 28.1. The lowest BCUT2D eigenvalue weighted by Crippen LogP contribution is -2.38. The SMILES string of the molecule is C/C=C/OC(=O)/N=c1\sc(C2CCN(C(=O)CCS(=O)(=O)c3ccc4cc(Cl)ccc4c3)CC2)cn1CC. The minimum Gasteiger partial charge on any atom is -0.417 e. The van der Waals surface area contributed by atoms with Gasteiger partial charge in [0.2, 0.25) is 5.91 Å². The van der Waals surface area contributed by atoms with Crippen molar-refractivity contribution in [3.63, 3.8) is 0 Å². The summed E-state index contributed by atoms with van der Waals surface area (Å²) in [5, 5.41) is 2.23. The number of ether oxygens (including phenoxy) is 1. The van der Waals surface area contributed by atoms with E-state index < -0.39 is 15.9 Å². The lowest BCUT2D eigenvalue weighted by molar-refractivity contribution is -0.131. The van der Waals surface area contributed by atoms with Crippen molar-refractivity contribution in [3.8, 4) is 0 Å². The van der Waals surface area contributed by atoms with Crippen LogP contribution in [0, 0.1) is 0 Å². The van der Waals surface area contributed by atoms with E-state index in [-0.39, 0.29) is 28.9 Å². The van der Waals surface area contributed by atoms with E-state index >= 15 is 0 Å². The Kier molecular flexibility index (Phi) is 9.07. The maximum absolute atomic E-state index is 12.9. The zero-order valence-corrected chi connectivity index (χ0v) is 23.7. The number of carbonyl (C=O) groups excluding carboxylic acids is 2. The summed E-state index contributed by atoms with van der Waals surface area (Å²) in [5.41, 5.74) is 0. The highest BCUT2D eigenvalue weighted by atomic mass is 35.5. The van der Waals surface area contributed by atoms with Crippen molar-refractivity contribution in [2.75, 3.05) is 18.8 Å². The van der Waals surface area contributed by atoms with Gasteiger partial charge in [-0.1, -0.05) is 29.8 Å². The highest BCUT2D eigenvalue weighted by Gasteiger charge is 2.26. The molecule has 1 aromatic heterocycles. The van der Waals surface area contributed by atoms with Gasteiger partial charge in [0.1, 0.15) is 0 Å². The largest absolute Gasteiger partial charge is 0.441 e. The molecule has 1 saturated heterocycles. The molecule has 202 valence electrons. The summed E-state index contributed by atoms with van der Waals surface area (Å²) in [5.74, 6) is -0.149. The van der Waals surface area contributed by atoms with Crippen LogP contribution in [0.1, 0.15) is 43.9 Å². The first-order valence-corrected chi connectivity index (χ1v) is 15.3. The van der Waals surface area contributed by atoms with E-state index in [9.17, 15) is 18.0 Å². The summed E-state index contributed by atoms with van der Waals surface area (Å²) in [7, 11) is -3.60. The summed E-state index contributed by atoms with van der Waals surface area (Å²) in [6.45, 7) is 5.51. The number of aryl methyl sites for hydroxylation is 1. The Balaban J connectivity index is 1.35. The molecule has 1 fully saturated rings. The molecule has 0 bridgehead atoms. The van der Waals surface area contributed by atoms with Crippen molar-refractivity contribution < 1.29 is 22.7 Å². The monoisotopic (exact) mass is 575 g/mol. The maximum atomic E-state index is 12.9. The number of hydrogen-bond acceptors (Lipinski definition) is 6. The number of amides is 2. The summed E-state index contributed by atoms with van der Waals surface area (Å²) in [6.07, 6.45) is 5.73. The predicted molar refractivity (Wildman–Crippen MR) is 149 cm³/mol. The third-order valence-electron chi connectivity index (χ3n) is 6.54. The van der Waals surface area contributed by atoms with Gasteiger partial charge in [-0.05, 0) is 67.6 Å². The normalized spacial score (nSPS) is 15.4. The Morgan fingerprint density at radius 3 is 2.58 bits per heavy atom. The van der Waals surface area contributed by atoms with Crippen LogP contribution in [0.25, 0.3) is 10.8 Å². The standard InChI is InChI=1S/C27H30ClN3O5S2/c1-3-14-36-27(33)29-26-30(4-2)18-24(37-26)19-9-12-31(13-10-19)25(32)11-15-38(34,35)23-8-6-20-16-22(28)7-5-21(20)17-23/h3,5-8,14,16-19H,4,9-13,15H2,1-2H3/b14-3+,29-26-. The first-order valence-electron chi connectivity index (χ1n) is 12.5. The molecule has 0 radical (unpaired) electrons. The van der Waals surface area contributed by atoms with Crippen LogP contribution in [0.15, 0.2) is 64.8 Å². The molecule has 1 aliphatic rings. The summed E-state index contributed by atoms with van der Waals surface area (Å²) in [6, 6.07) is 10.2. The molecule has 0 spiro atoms. The molecule has 0 unspecified atom stereocenters. The van der Waals surface area contributed by atoms with Crippen molar-refractivity contribution in [2.24, 2.45) is 4.99 Å². The van der Waals surface area contributed by atoms with E-state index in [0.29, 0.717) is 29.5 Å². The smallest absolute Gasteiger partial charge is 0.417 e. The van der Waals surface area contributed by atoms with Gasteiger partial charge in [0.05, 0.1) is 16.9 Å². The fourth-order valence-electron chi connectivity index (χ4n) is 4.43. The first-order chi connectivity index (χ1) is 18.2. The van der Waals surface area contributed by atoms with E-state index in [1.54, 1.807) is 54.3 Å². The Morgan fingerprint density at radius 1 is 1.16 bits per heavy atom. The molecule has 0 aliphatic carbocycles. The second kappa shape index (κ2) is 12.3. The van der Waals surface area contributed by atoms with Crippen molar-refractivity contribution >= 4 is 55.5 Å². The zero-order chi connectivity index (χ0) is 27.3. The van der Waals surface area contributed by atoms with E-state index in [2.05, 4.69) is 4.99 Å². The Morgan fingerprint density at radius 2 is 1.87 bits per heavy atom. The number of likely N-dealkylation sites (tertiary alicyclic amines) is 1. The molecule has 2 heterocycles. The zero-order valence-electron chi connectivity index (χ0n) is 21.3. The van der Waals surface area contributed by atoms with Gasteiger partial charge < -0.3 is 14.2 Å². The summed E-state index contributed by atoms with van der Waals surface area (Å²) in [4.78, 5) is 32.5. The van der Waals surface area contributed by atoms with Crippen LogP contribution in [-0.2, 0) is 25.9 Å². The second-order valence-corrected chi connectivity index (χ2v) is 12.6. The van der Waals surface area contributed by atoms with Gasteiger partial charge in [-0.15, -0.1) is 16.3 Å². The number of sulfone groups is 1. The van der Waals surface area contributed by atoms with E-state index in [1.165, 1.54) is 17.6 Å². The molecule has 4 rings (SSSR count). The van der Waals surface area contributed by atoms with Gasteiger partial charge in [0, 0.05) is 42.2 Å². The fourth-order valence-corrected chi connectivity index (χ4v) is 7.09. The Bertz CT molecular complexity index is 1530. The highest BCUT2D eigenvalue weighted by molar-refractivity contribution is 7.91. The van der Waals surface area contributed by atoms with Crippen LogP contribution in [-0.4, -0.2) is 48.7 Å². The number of allylic oxidation sites excluding steroid dienone is 1. The molecule has 0 N–H and O–H groups in total. The molecular formula is C27H30ClN3O5S2. The molecule has 8 nitrogen and oxygen atoms in total. The maximum Gasteiger partial charge on any atom is 0.441 e. The van der Waals surface area contributed by atoms with Gasteiger partial charge in [-0.25, -0.2) is 13.2 Å². The summed E-state index contributed by atoms with van der Waals surface area (Å²) < 4.78 is 32.7. The van der Waals surface area contributed by atoms with Gasteiger partial charge in [0.15, 0.2) is 14.6 Å². The average molecular weight is 576 g/mol. The van der Waals surface area contributed by atoms with E-state index in [1.807, 2.05) is 17.7 Å². The molecule has 38 heavy (non-hydrogen) atoms. The average Bonchev–Trinajstić information content (AvgIpc) is 3.32. The van der Waals surface area contributed by atoms with Gasteiger partial charge in [-0.3, -0.25) is 4.79 Å². The lowest BCUT2D eigenvalue weighted by atomic mass is 9.95. The van der Waals surface area contributed by atoms with Gasteiger partial charge in [0.25, 0.3) is 0 Å². The molecule has 2 amide bonds. The van der Waals surface area contributed by atoms with Crippen LogP contribution < -0.4 is 4.80 Å². The molecule has 0 atom stereocenters. The molecule has 2 aromatic carbocycles. The molecule has 3 aromatic rings. The number of thiazole rings is 1. The van der Waals surface area contributed by atoms with Gasteiger partial charge in [-0.2, -0.15) is 0 Å². The predicted octanol–water partition coefficient (Wildman–Crippen LogP) is 5.52. The minimum atomic E-state index is -3.60. The van der Waals surface area contributed by atoms with Crippen LogP contribution in [0.5, 0.6) is 0 Å². The topological polar surface area (TPSA) is 98.0 Å². The number of nitrogens with zero attached hydrogens (tertiary/aromatic N) is 3. The number of rotatable bonds is 7. The number of halogens is 1. The molecule has 0 saturated carbocycles. The number of carbonyl (C=O) groups is 2. The van der Waals surface area contributed by atoms with E-state index in [0.717, 1.165) is 28.5 Å². The quantitative estimate of drug-likeness (QED) is 0.346. The number of hydrogen-bond donors (Lipinski definition) is 0. The summed E-state index contributed by atoms with van der Waals surface area (Å²) >= 11 is 7.47. The second-order valence-electron chi connectivity index (χ2n) is 9.04. The van der Waals surface area contributed by atoms with Crippen molar-refractivity contribution in [2.45, 2.75) is 50.5 Å². The Hall–Kier alpha value is -2.95. The number of piperidine rings is 1.